The molecule has 2 N–H and O–H groups in total. The number of fused-ring (bicyclic) bond motifs is 1. The van der Waals surface area contributed by atoms with Gasteiger partial charge in [-0.3, -0.25) is 0 Å². The topological polar surface area (TPSA) is 90.3 Å². The van der Waals surface area contributed by atoms with Crippen LogP contribution in [0.4, 0.5) is 11.6 Å². The van der Waals surface area contributed by atoms with Gasteiger partial charge in [-0.25, -0.2) is 15.0 Å². The summed E-state index contributed by atoms with van der Waals surface area (Å²) in [4.78, 5) is 15.3. The van der Waals surface area contributed by atoms with Crippen molar-refractivity contribution in [2.45, 2.75) is 0 Å². The number of hydrogen-bond donors (Lipinski definition) is 2. The van der Waals surface area contributed by atoms with Crippen molar-refractivity contribution in [3.8, 4) is 6.07 Å². The van der Waals surface area contributed by atoms with Crippen LogP contribution in [0.3, 0.4) is 0 Å². The molecule has 6 heteroatoms. The van der Waals surface area contributed by atoms with Gasteiger partial charge in [-0.05, 0) is 12.1 Å². The average molecular weight is 236 g/mol. The highest BCUT2D eigenvalue weighted by atomic mass is 15.1. The van der Waals surface area contributed by atoms with Gasteiger partial charge in [0.15, 0.2) is 5.69 Å². The van der Waals surface area contributed by atoms with Crippen molar-refractivity contribution in [3.05, 3.63) is 42.6 Å². The lowest BCUT2D eigenvalue weighted by atomic mass is 10.3. The minimum atomic E-state index is 0.287. The molecular formula is C12H8N6. The molecule has 3 heterocycles. The van der Waals surface area contributed by atoms with Crippen LogP contribution in [0, 0.1) is 11.3 Å². The molecule has 3 rings (SSSR count). The van der Waals surface area contributed by atoms with Gasteiger partial charge in [0.25, 0.3) is 0 Å². The third-order valence-corrected chi connectivity index (χ3v) is 2.46. The smallest absolute Gasteiger partial charge is 0.158 e. The Bertz CT molecular complexity index is 722. The molecule has 0 aliphatic heterocycles. The fourth-order valence-electron chi connectivity index (χ4n) is 1.60. The summed E-state index contributed by atoms with van der Waals surface area (Å²) in [6.45, 7) is 0. The van der Waals surface area contributed by atoms with Crippen LogP contribution >= 0.6 is 0 Å². The zero-order valence-corrected chi connectivity index (χ0v) is 9.25. The number of rotatable bonds is 2. The van der Waals surface area contributed by atoms with Crippen molar-refractivity contribution in [1.82, 2.24) is 19.9 Å². The molecule has 0 radical (unpaired) electrons. The number of nitrogens with zero attached hydrogens (tertiary/aromatic N) is 4. The molecule has 3 aromatic rings. The minimum absolute atomic E-state index is 0.287. The largest absolute Gasteiger partial charge is 0.360 e. The molecule has 0 saturated heterocycles. The van der Waals surface area contributed by atoms with E-state index >= 15 is 0 Å². The predicted molar refractivity (Wildman–Crippen MR) is 66.1 cm³/mol. The van der Waals surface area contributed by atoms with Crippen LogP contribution in [-0.4, -0.2) is 19.9 Å². The Hall–Kier alpha value is -2.94. The molecule has 0 aliphatic carbocycles. The lowest BCUT2D eigenvalue weighted by molar-refractivity contribution is 1.15. The Morgan fingerprint density at radius 1 is 1.11 bits per heavy atom. The van der Waals surface area contributed by atoms with Crippen molar-refractivity contribution >= 4 is 22.5 Å². The van der Waals surface area contributed by atoms with Crippen LogP contribution in [0.15, 0.2) is 36.9 Å². The van der Waals surface area contributed by atoms with Gasteiger partial charge in [0.2, 0.25) is 0 Å². The Morgan fingerprint density at radius 2 is 2.00 bits per heavy atom. The number of aromatic nitrogens is 4. The molecule has 0 spiro atoms. The molecular weight excluding hydrogens is 228 g/mol. The standard InChI is InChI=1S/C12H8N6/c13-4-9-5-16-12(7-15-9)18-11-3-8-1-2-14-10(8)6-17-11/h1-3,5-7,14H,(H,16,17,18). The van der Waals surface area contributed by atoms with E-state index < -0.39 is 0 Å². The summed E-state index contributed by atoms with van der Waals surface area (Å²) in [7, 11) is 0. The molecule has 0 bridgehead atoms. The van der Waals surface area contributed by atoms with E-state index in [0.717, 1.165) is 10.9 Å². The molecule has 0 atom stereocenters. The SMILES string of the molecule is N#Cc1cnc(Nc2cc3cc[nH]c3cn2)cn1. The molecule has 3 aromatic heterocycles. The van der Waals surface area contributed by atoms with Gasteiger partial charge in [0.05, 0.1) is 24.1 Å². The van der Waals surface area contributed by atoms with Crippen molar-refractivity contribution in [2.24, 2.45) is 0 Å². The molecule has 0 aliphatic rings. The highest BCUT2D eigenvalue weighted by Gasteiger charge is 2.01. The van der Waals surface area contributed by atoms with Crippen molar-refractivity contribution in [3.63, 3.8) is 0 Å². The zero-order chi connectivity index (χ0) is 12.4. The number of nitrogens with one attached hydrogen (secondary N) is 2. The predicted octanol–water partition coefficient (Wildman–Crippen LogP) is 1.97. The lowest BCUT2D eigenvalue weighted by Crippen LogP contribution is -1.97. The van der Waals surface area contributed by atoms with E-state index in [1.807, 2.05) is 24.4 Å². The Balaban J connectivity index is 1.88. The van der Waals surface area contributed by atoms with Gasteiger partial charge in [0.1, 0.15) is 17.7 Å². The second kappa shape index (κ2) is 4.14. The van der Waals surface area contributed by atoms with Gasteiger partial charge < -0.3 is 10.3 Å². The Kier molecular flexibility index (Phi) is 2.35. The van der Waals surface area contributed by atoms with Crippen molar-refractivity contribution in [2.75, 3.05) is 5.32 Å². The summed E-state index contributed by atoms with van der Waals surface area (Å²) >= 11 is 0. The van der Waals surface area contributed by atoms with Crippen LogP contribution in [0.1, 0.15) is 5.69 Å². The van der Waals surface area contributed by atoms with E-state index in [2.05, 4.69) is 25.3 Å². The molecule has 0 unspecified atom stereocenters. The van der Waals surface area contributed by atoms with Crippen LogP contribution in [0.5, 0.6) is 0 Å². The number of hydrogen-bond acceptors (Lipinski definition) is 5. The number of aromatic amines is 1. The number of pyridine rings is 1. The van der Waals surface area contributed by atoms with Crippen molar-refractivity contribution in [1.29, 1.82) is 5.26 Å². The van der Waals surface area contributed by atoms with E-state index in [-0.39, 0.29) is 5.69 Å². The highest BCUT2D eigenvalue weighted by Crippen LogP contribution is 2.17. The molecule has 0 amide bonds. The van der Waals surface area contributed by atoms with E-state index in [0.29, 0.717) is 11.6 Å². The first-order valence-electron chi connectivity index (χ1n) is 5.27. The number of anilines is 2. The Morgan fingerprint density at radius 3 is 2.78 bits per heavy atom. The average Bonchev–Trinajstić information content (AvgIpc) is 2.87. The summed E-state index contributed by atoms with van der Waals surface area (Å²) in [6.07, 6.45) is 6.52. The van der Waals surface area contributed by atoms with Crippen LogP contribution in [0.25, 0.3) is 10.9 Å². The number of nitriles is 1. The van der Waals surface area contributed by atoms with E-state index in [9.17, 15) is 0 Å². The second-order valence-electron chi connectivity index (χ2n) is 3.66. The maximum absolute atomic E-state index is 8.62. The van der Waals surface area contributed by atoms with Crippen LogP contribution in [-0.2, 0) is 0 Å². The monoisotopic (exact) mass is 236 g/mol. The summed E-state index contributed by atoms with van der Waals surface area (Å²) < 4.78 is 0. The zero-order valence-electron chi connectivity index (χ0n) is 9.25. The molecule has 86 valence electrons. The van der Waals surface area contributed by atoms with Gasteiger partial charge in [-0.2, -0.15) is 5.26 Å². The molecule has 0 fully saturated rings. The van der Waals surface area contributed by atoms with Crippen molar-refractivity contribution < 1.29 is 0 Å². The van der Waals surface area contributed by atoms with E-state index in [4.69, 9.17) is 5.26 Å². The molecule has 0 saturated carbocycles. The van der Waals surface area contributed by atoms with Gasteiger partial charge in [-0.1, -0.05) is 0 Å². The van der Waals surface area contributed by atoms with E-state index in [1.54, 1.807) is 6.20 Å². The molecule has 18 heavy (non-hydrogen) atoms. The second-order valence-corrected chi connectivity index (χ2v) is 3.66. The fraction of sp³-hybridized carbons (Fsp3) is 0. The maximum Gasteiger partial charge on any atom is 0.158 e. The normalized spacial score (nSPS) is 10.2. The first-order chi connectivity index (χ1) is 8.85. The Labute approximate surface area is 102 Å². The van der Waals surface area contributed by atoms with Gasteiger partial charge >= 0.3 is 0 Å². The minimum Gasteiger partial charge on any atom is -0.360 e. The summed E-state index contributed by atoms with van der Waals surface area (Å²) in [6, 6.07) is 5.79. The quantitative estimate of drug-likeness (QED) is 0.709. The lowest BCUT2D eigenvalue weighted by Gasteiger charge is -2.03. The van der Waals surface area contributed by atoms with Gasteiger partial charge in [0, 0.05) is 11.6 Å². The molecule has 0 aromatic carbocycles. The molecule has 6 nitrogen and oxygen atoms in total. The summed E-state index contributed by atoms with van der Waals surface area (Å²) in [5.41, 5.74) is 1.26. The third-order valence-electron chi connectivity index (χ3n) is 2.46. The van der Waals surface area contributed by atoms with Crippen LogP contribution in [0.2, 0.25) is 0 Å². The highest BCUT2D eigenvalue weighted by molar-refractivity contribution is 5.81. The third kappa shape index (κ3) is 1.85. The first-order valence-corrected chi connectivity index (χ1v) is 5.27. The fourth-order valence-corrected chi connectivity index (χ4v) is 1.60. The summed E-state index contributed by atoms with van der Waals surface area (Å²) in [5.74, 6) is 1.23. The van der Waals surface area contributed by atoms with E-state index in [1.165, 1.54) is 12.4 Å². The first kappa shape index (κ1) is 10.2. The van der Waals surface area contributed by atoms with Crippen LogP contribution < -0.4 is 5.32 Å². The van der Waals surface area contributed by atoms with Gasteiger partial charge in [-0.15, -0.1) is 0 Å². The number of H-pyrrole nitrogens is 1. The summed E-state index contributed by atoms with van der Waals surface area (Å²) in [5, 5.41) is 12.7. The maximum atomic E-state index is 8.62.